The topological polar surface area (TPSA) is 176 Å². The first-order valence-corrected chi connectivity index (χ1v) is 19.3. The maximum absolute atomic E-state index is 12.8. The van der Waals surface area contributed by atoms with E-state index in [2.05, 4.69) is 25.8 Å². The Bertz CT molecular complexity index is 2190. The van der Waals surface area contributed by atoms with Crippen LogP contribution in [-0.2, 0) is 20.9 Å². The van der Waals surface area contributed by atoms with Crippen molar-refractivity contribution in [2.75, 3.05) is 50.4 Å². The summed E-state index contributed by atoms with van der Waals surface area (Å²) in [6.45, 7) is 3.29. The first-order valence-electron chi connectivity index (χ1n) is 19.3. The number of ether oxygens (including phenoxy) is 1. The van der Waals surface area contributed by atoms with Crippen molar-refractivity contribution in [2.24, 2.45) is 0 Å². The molecule has 0 bridgehead atoms. The molecule has 13 heteroatoms. The molecule has 4 aromatic carbocycles. The molecule has 0 saturated carbocycles. The molecule has 1 atom stereocenters. The van der Waals surface area contributed by atoms with Crippen molar-refractivity contribution in [1.82, 2.24) is 20.1 Å². The third kappa shape index (κ3) is 11.5. The number of nitrogens with one attached hydrogen (secondary N) is 4. The van der Waals surface area contributed by atoms with Crippen molar-refractivity contribution < 1.29 is 29.3 Å². The number of aromatic amines is 1. The highest BCUT2D eigenvalue weighted by molar-refractivity contribution is 5.92. The molecule has 1 unspecified atom stereocenters. The van der Waals surface area contributed by atoms with E-state index in [1.165, 1.54) is 12.1 Å². The monoisotopic (exact) mass is 774 g/mol. The quantitative estimate of drug-likeness (QED) is 0.0702. The molecule has 298 valence electrons. The zero-order chi connectivity index (χ0) is 40.1. The number of carbonyl (C=O) groups excluding carboxylic acids is 3. The number of hydrogen-bond acceptors (Lipinski definition) is 9. The number of para-hydroxylation sites is 1. The van der Waals surface area contributed by atoms with Crippen LogP contribution in [-0.4, -0.2) is 88.8 Å². The Labute approximate surface area is 331 Å². The molecule has 6 rings (SSSR count). The van der Waals surface area contributed by atoms with Crippen LogP contribution in [0.15, 0.2) is 108 Å². The molecule has 6 N–H and O–H groups in total. The number of fused-ring (bicyclic) bond motifs is 1. The number of carbonyl (C=O) groups is 3. The zero-order valence-corrected chi connectivity index (χ0v) is 32.1. The second kappa shape index (κ2) is 19.7. The van der Waals surface area contributed by atoms with Gasteiger partial charge in [-0.1, -0.05) is 66.7 Å². The number of aromatic hydroxyl groups is 1. The molecule has 0 aliphatic carbocycles. The average Bonchev–Trinajstić information content (AvgIpc) is 3.22. The number of aliphatic hydroxyl groups excluding tert-OH is 1. The van der Waals surface area contributed by atoms with E-state index in [0.717, 1.165) is 29.8 Å². The summed E-state index contributed by atoms with van der Waals surface area (Å²) in [6, 6.07) is 31.0. The summed E-state index contributed by atoms with van der Waals surface area (Å²) >= 11 is 0. The Morgan fingerprint density at radius 2 is 1.63 bits per heavy atom. The highest BCUT2D eigenvalue weighted by Gasteiger charge is 2.24. The lowest BCUT2D eigenvalue weighted by Crippen LogP contribution is -2.40. The van der Waals surface area contributed by atoms with Crippen LogP contribution in [0.5, 0.6) is 5.75 Å². The predicted octanol–water partition coefficient (Wildman–Crippen LogP) is 6.00. The van der Waals surface area contributed by atoms with Crippen LogP contribution < -0.4 is 21.5 Å². The molecule has 0 spiro atoms. The van der Waals surface area contributed by atoms with E-state index in [1.54, 1.807) is 24.1 Å². The Hall–Kier alpha value is -6.02. The van der Waals surface area contributed by atoms with Crippen molar-refractivity contribution in [1.29, 1.82) is 0 Å². The molecule has 1 saturated heterocycles. The van der Waals surface area contributed by atoms with Crippen molar-refractivity contribution in [3.8, 4) is 16.9 Å². The van der Waals surface area contributed by atoms with Gasteiger partial charge in [0.1, 0.15) is 11.9 Å². The first-order chi connectivity index (χ1) is 27.6. The van der Waals surface area contributed by atoms with Gasteiger partial charge in [-0.05, 0) is 66.3 Å². The fraction of sp³-hybridized carbons (Fsp3) is 0.318. The van der Waals surface area contributed by atoms with Gasteiger partial charge in [-0.15, -0.1) is 0 Å². The van der Waals surface area contributed by atoms with Gasteiger partial charge in [0.25, 0.3) is 0 Å². The number of aromatic nitrogens is 1. The number of rotatable bonds is 16. The standard InChI is InChI=1S/C44H50N6O7/c1-49(42(55)23-27-50-25-21-33(22-26-50)57-44(56)47-37-11-6-5-10-34(37)31-8-3-2-4-9-31)24-7-12-40(53)46-32-15-13-30(14-16-32)28-45-29-39(52)35-17-19-38(51)43-36(35)18-20-41(54)48-43/h2-6,8-11,13-20,33,39,45,51-52H,7,12,21-29H2,1H3,(H,46,53)(H,47,56)(H,48,54). The van der Waals surface area contributed by atoms with E-state index in [0.29, 0.717) is 67.6 Å². The lowest BCUT2D eigenvalue weighted by molar-refractivity contribution is -0.130. The molecule has 1 fully saturated rings. The van der Waals surface area contributed by atoms with Crippen LogP contribution in [0.3, 0.4) is 0 Å². The molecule has 0 radical (unpaired) electrons. The minimum atomic E-state index is -0.867. The van der Waals surface area contributed by atoms with Gasteiger partial charge in [0.2, 0.25) is 17.4 Å². The summed E-state index contributed by atoms with van der Waals surface area (Å²) in [5.41, 5.74) is 4.80. The van der Waals surface area contributed by atoms with Gasteiger partial charge in [-0.25, -0.2) is 4.79 Å². The van der Waals surface area contributed by atoms with E-state index in [9.17, 15) is 29.4 Å². The average molecular weight is 775 g/mol. The lowest BCUT2D eigenvalue weighted by Gasteiger charge is -2.31. The summed E-state index contributed by atoms with van der Waals surface area (Å²) in [7, 11) is 1.76. The number of hydrogen-bond donors (Lipinski definition) is 6. The number of piperidine rings is 1. The maximum atomic E-state index is 12.8. The fourth-order valence-electron chi connectivity index (χ4n) is 6.99. The number of H-pyrrole nitrogens is 1. The van der Waals surface area contributed by atoms with Gasteiger partial charge in [0.15, 0.2) is 0 Å². The van der Waals surface area contributed by atoms with Gasteiger partial charge < -0.3 is 40.4 Å². The molecule has 1 aliphatic rings. The normalized spacial score (nSPS) is 13.9. The highest BCUT2D eigenvalue weighted by atomic mass is 16.6. The van der Waals surface area contributed by atoms with Gasteiger partial charge in [0.05, 0.1) is 17.3 Å². The summed E-state index contributed by atoms with van der Waals surface area (Å²) < 4.78 is 5.75. The van der Waals surface area contributed by atoms with Crippen LogP contribution in [0, 0.1) is 0 Å². The van der Waals surface area contributed by atoms with Crippen LogP contribution in [0.4, 0.5) is 16.2 Å². The van der Waals surface area contributed by atoms with E-state index in [4.69, 9.17) is 4.74 Å². The number of phenolic OH excluding ortho intramolecular Hbond substituents is 1. The number of anilines is 2. The SMILES string of the molecule is CN(CCCC(=O)Nc1ccc(CNCC(O)c2ccc(O)c3[nH]c(=O)ccc23)cc1)C(=O)CCN1CCC(OC(=O)Nc2ccccc2-c2ccccc2)CC1. The Kier molecular flexibility index (Phi) is 14.1. The molecule has 5 aromatic rings. The number of phenols is 1. The summed E-state index contributed by atoms with van der Waals surface area (Å²) in [6.07, 6.45) is 1.05. The van der Waals surface area contributed by atoms with Crippen molar-refractivity contribution in [2.45, 2.75) is 50.9 Å². The molecule has 1 aliphatic heterocycles. The Morgan fingerprint density at radius 1 is 0.895 bits per heavy atom. The molecule has 57 heavy (non-hydrogen) atoms. The van der Waals surface area contributed by atoms with E-state index >= 15 is 0 Å². The molecule has 3 amide bonds. The van der Waals surface area contributed by atoms with Crippen LogP contribution in [0.25, 0.3) is 22.0 Å². The second-order valence-electron chi connectivity index (χ2n) is 14.3. The van der Waals surface area contributed by atoms with E-state index in [-0.39, 0.29) is 47.7 Å². The van der Waals surface area contributed by atoms with Crippen molar-refractivity contribution in [3.05, 3.63) is 125 Å². The fourth-order valence-corrected chi connectivity index (χ4v) is 6.99. The summed E-state index contributed by atoms with van der Waals surface area (Å²) in [5.74, 6) is -0.170. The second-order valence-corrected chi connectivity index (χ2v) is 14.3. The first kappa shape index (κ1) is 40.6. The number of likely N-dealkylation sites (tertiary alicyclic amines) is 1. The maximum Gasteiger partial charge on any atom is 0.411 e. The van der Waals surface area contributed by atoms with E-state index < -0.39 is 12.2 Å². The van der Waals surface area contributed by atoms with Gasteiger partial charge >= 0.3 is 6.09 Å². The van der Waals surface area contributed by atoms with Gasteiger partial charge in [0, 0.05) is 81.9 Å². The smallest absolute Gasteiger partial charge is 0.411 e. The van der Waals surface area contributed by atoms with Crippen molar-refractivity contribution >= 4 is 40.2 Å². The molecular weight excluding hydrogens is 725 g/mol. The molecular formula is C44H50N6O7. The number of aliphatic hydroxyl groups is 1. The Balaban J connectivity index is 0.831. The number of pyridine rings is 1. The van der Waals surface area contributed by atoms with Crippen LogP contribution >= 0.6 is 0 Å². The Morgan fingerprint density at radius 3 is 2.40 bits per heavy atom. The van der Waals surface area contributed by atoms with Crippen molar-refractivity contribution in [3.63, 3.8) is 0 Å². The van der Waals surface area contributed by atoms with E-state index in [1.807, 2.05) is 78.9 Å². The number of amides is 3. The zero-order valence-electron chi connectivity index (χ0n) is 32.1. The minimum Gasteiger partial charge on any atom is -0.506 e. The van der Waals surface area contributed by atoms with Crippen LogP contribution in [0.2, 0.25) is 0 Å². The third-order valence-corrected chi connectivity index (χ3v) is 10.2. The molecule has 2 heterocycles. The number of benzene rings is 4. The van der Waals surface area contributed by atoms with Gasteiger partial charge in [-0.3, -0.25) is 19.7 Å². The summed E-state index contributed by atoms with van der Waals surface area (Å²) in [4.78, 5) is 56.4. The largest absolute Gasteiger partial charge is 0.506 e. The van der Waals surface area contributed by atoms with Crippen LogP contribution in [0.1, 0.15) is 49.3 Å². The lowest BCUT2D eigenvalue weighted by atomic mass is 10.0. The summed E-state index contributed by atoms with van der Waals surface area (Å²) in [5, 5.41) is 30.5. The predicted molar refractivity (Wildman–Crippen MR) is 221 cm³/mol. The minimum absolute atomic E-state index is 0.0229. The molecule has 1 aromatic heterocycles. The third-order valence-electron chi connectivity index (χ3n) is 10.2. The number of nitrogens with zero attached hydrogens (tertiary/aromatic N) is 2. The molecule has 13 nitrogen and oxygen atoms in total. The highest BCUT2D eigenvalue weighted by Crippen LogP contribution is 2.29. The van der Waals surface area contributed by atoms with Gasteiger partial charge in [-0.2, -0.15) is 0 Å².